The molecule has 2 unspecified atom stereocenters. The Labute approximate surface area is 113 Å². The van der Waals surface area contributed by atoms with Gasteiger partial charge in [-0.1, -0.05) is 36.4 Å². The summed E-state index contributed by atoms with van der Waals surface area (Å²) in [7, 11) is 0. The number of benzene rings is 1. The molecule has 1 aliphatic rings. The van der Waals surface area contributed by atoms with E-state index >= 15 is 0 Å². The molecule has 0 aromatic heterocycles. The van der Waals surface area contributed by atoms with Gasteiger partial charge < -0.3 is 10.2 Å². The average molecular weight is 258 g/mol. The van der Waals surface area contributed by atoms with Gasteiger partial charge in [0.1, 0.15) is 6.04 Å². The minimum atomic E-state index is -0.599. The highest BCUT2D eigenvalue weighted by molar-refractivity contribution is 5.91. The van der Waals surface area contributed by atoms with E-state index < -0.39 is 6.04 Å². The third kappa shape index (κ3) is 2.84. The minimum absolute atomic E-state index is 0.0774. The molecule has 0 aliphatic carbocycles. The molecule has 1 aliphatic heterocycles. The zero-order chi connectivity index (χ0) is 13.8. The summed E-state index contributed by atoms with van der Waals surface area (Å²) in [6, 6.07) is 8.64. The lowest BCUT2D eigenvalue weighted by Crippen LogP contribution is -2.42. The van der Waals surface area contributed by atoms with Gasteiger partial charge in [-0.05, 0) is 12.5 Å². The Morgan fingerprint density at radius 3 is 2.68 bits per heavy atom. The van der Waals surface area contributed by atoms with Gasteiger partial charge in [0, 0.05) is 19.0 Å². The van der Waals surface area contributed by atoms with Crippen molar-refractivity contribution < 1.29 is 9.59 Å². The van der Waals surface area contributed by atoms with E-state index in [-0.39, 0.29) is 17.9 Å². The van der Waals surface area contributed by atoms with Crippen molar-refractivity contribution in [1.29, 1.82) is 0 Å². The summed E-state index contributed by atoms with van der Waals surface area (Å²) < 4.78 is 0. The Bertz CT molecular complexity index is 484. The van der Waals surface area contributed by atoms with Crippen LogP contribution in [0.4, 0.5) is 0 Å². The minimum Gasteiger partial charge on any atom is -0.340 e. The van der Waals surface area contributed by atoms with Crippen molar-refractivity contribution in [1.82, 2.24) is 10.2 Å². The number of nitrogens with one attached hydrogen (secondary N) is 1. The summed E-state index contributed by atoms with van der Waals surface area (Å²) in [6.45, 7) is 6.06. The zero-order valence-corrected chi connectivity index (χ0v) is 11.0. The van der Waals surface area contributed by atoms with Gasteiger partial charge in [0.25, 0.3) is 0 Å². The molecule has 2 rings (SSSR count). The van der Waals surface area contributed by atoms with Gasteiger partial charge in [-0.15, -0.1) is 6.58 Å². The number of carbonyl (C=O) groups excluding carboxylic acids is 2. The molecule has 0 spiro atoms. The Morgan fingerprint density at radius 1 is 1.37 bits per heavy atom. The summed E-state index contributed by atoms with van der Waals surface area (Å²) in [5, 5.41) is 2.79. The fraction of sp³-hybridized carbons (Fsp3) is 0.333. The van der Waals surface area contributed by atoms with Crippen molar-refractivity contribution in [3.05, 3.63) is 48.6 Å². The lowest BCUT2D eigenvalue weighted by molar-refractivity contribution is -0.134. The maximum Gasteiger partial charge on any atom is 0.250 e. The van der Waals surface area contributed by atoms with E-state index in [4.69, 9.17) is 0 Å². The van der Waals surface area contributed by atoms with Crippen molar-refractivity contribution in [2.24, 2.45) is 0 Å². The third-order valence-corrected chi connectivity index (χ3v) is 3.38. The topological polar surface area (TPSA) is 49.4 Å². The highest BCUT2D eigenvalue weighted by Crippen LogP contribution is 2.20. The van der Waals surface area contributed by atoms with Crippen LogP contribution in [0.25, 0.3) is 0 Å². The monoisotopic (exact) mass is 258 g/mol. The predicted molar refractivity (Wildman–Crippen MR) is 73.3 cm³/mol. The van der Waals surface area contributed by atoms with Crippen molar-refractivity contribution >= 4 is 11.8 Å². The van der Waals surface area contributed by atoms with Gasteiger partial charge in [0.15, 0.2) is 0 Å². The van der Waals surface area contributed by atoms with Crippen LogP contribution in [-0.4, -0.2) is 29.3 Å². The highest BCUT2D eigenvalue weighted by atomic mass is 16.2. The van der Waals surface area contributed by atoms with Crippen LogP contribution in [0.1, 0.15) is 24.9 Å². The molecule has 0 bridgehead atoms. The molecular formula is C15H18N2O2. The zero-order valence-electron chi connectivity index (χ0n) is 11.0. The van der Waals surface area contributed by atoms with E-state index in [0.29, 0.717) is 13.0 Å². The number of amides is 2. The van der Waals surface area contributed by atoms with Crippen molar-refractivity contribution in [3.63, 3.8) is 0 Å². The van der Waals surface area contributed by atoms with Crippen LogP contribution in [-0.2, 0) is 9.59 Å². The normalized spacial score (nSPS) is 21.5. The summed E-state index contributed by atoms with van der Waals surface area (Å²) in [6.07, 6.45) is 2.04. The first kappa shape index (κ1) is 13.3. The van der Waals surface area contributed by atoms with Crippen LogP contribution in [0.15, 0.2) is 43.0 Å². The van der Waals surface area contributed by atoms with Crippen LogP contribution in [0.2, 0.25) is 0 Å². The fourth-order valence-electron chi connectivity index (χ4n) is 2.20. The molecular weight excluding hydrogens is 240 g/mol. The van der Waals surface area contributed by atoms with Crippen LogP contribution in [0.5, 0.6) is 0 Å². The summed E-state index contributed by atoms with van der Waals surface area (Å²) in [5.74, 6) is -0.176. The largest absolute Gasteiger partial charge is 0.340 e. The Morgan fingerprint density at radius 2 is 2.05 bits per heavy atom. The van der Waals surface area contributed by atoms with Crippen LogP contribution < -0.4 is 5.32 Å². The second-order valence-corrected chi connectivity index (χ2v) is 4.67. The van der Waals surface area contributed by atoms with Gasteiger partial charge >= 0.3 is 0 Å². The van der Waals surface area contributed by atoms with Crippen molar-refractivity contribution in [2.45, 2.75) is 25.4 Å². The van der Waals surface area contributed by atoms with Crippen molar-refractivity contribution in [2.75, 3.05) is 6.54 Å². The Balaban J connectivity index is 2.32. The first-order chi connectivity index (χ1) is 9.13. The van der Waals surface area contributed by atoms with Crippen molar-refractivity contribution in [3.8, 4) is 0 Å². The number of rotatable bonds is 3. The molecule has 1 aromatic rings. The molecule has 2 amide bonds. The molecule has 1 heterocycles. The van der Waals surface area contributed by atoms with E-state index in [0.717, 1.165) is 5.56 Å². The average Bonchev–Trinajstić information content (AvgIpc) is 2.59. The number of hydrogen-bond donors (Lipinski definition) is 1. The second kappa shape index (κ2) is 5.69. The molecule has 4 heteroatoms. The lowest BCUT2D eigenvalue weighted by atomic mass is 10.1. The molecule has 4 nitrogen and oxygen atoms in total. The molecule has 1 saturated heterocycles. The number of nitrogens with zero attached hydrogens (tertiary/aromatic N) is 1. The Kier molecular flexibility index (Phi) is 4.00. The van der Waals surface area contributed by atoms with Gasteiger partial charge in [-0.2, -0.15) is 0 Å². The van der Waals surface area contributed by atoms with Gasteiger partial charge in [0.2, 0.25) is 11.8 Å². The second-order valence-electron chi connectivity index (χ2n) is 4.67. The number of hydrogen-bond acceptors (Lipinski definition) is 2. The van der Waals surface area contributed by atoms with E-state index in [1.807, 2.05) is 37.3 Å². The van der Waals surface area contributed by atoms with Gasteiger partial charge in [-0.3, -0.25) is 9.59 Å². The molecule has 0 saturated carbocycles. The smallest absolute Gasteiger partial charge is 0.250 e. The standard InChI is InChI=1S/C15H18N2O2/c1-3-11(2)17-10-9-13(18)16-14(15(17)19)12-7-5-4-6-8-12/h3-8,11,14H,1,9-10H2,2H3,(H,16,18). The van der Waals surface area contributed by atoms with E-state index in [1.165, 1.54) is 0 Å². The highest BCUT2D eigenvalue weighted by Gasteiger charge is 2.32. The van der Waals surface area contributed by atoms with E-state index in [2.05, 4.69) is 11.9 Å². The van der Waals surface area contributed by atoms with Crippen LogP contribution in [0.3, 0.4) is 0 Å². The lowest BCUT2D eigenvalue weighted by Gasteiger charge is -2.28. The maximum atomic E-state index is 12.6. The molecule has 1 aromatic carbocycles. The van der Waals surface area contributed by atoms with Crippen LogP contribution in [0, 0.1) is 0 Å². The van der Waals surface area contributed by atoms with Gasteiger partial charge in [-0.25, -0.2) is 0 Å². The Hall–Kier alpha value is -2.10. The molecule has 0 radical (unpaired) electrons. The molecule has 2 atom stereocenters. The van der Waals surface area contributed by atoms with Gasteiger partial charge in [0.05, 0.1) is 0 Å². The predicted octanol–water partition coefficient (Wildman–Crippen LogP) is 1.65. The van der Waals surface area contributed by atoms with E-state index in [9.17, 15) is 9.59 Å². The quantitative estimate of drug-likeness (QED) is 0.838. The first-order valence-electron chi connectivity index (χ1n) is 6.41. The molecule has 100 valence electrons. The van der Waals surface area contributed by atoms with E-state index in [1.54, 1.807) is 11.0 Å². The molecule has 1 N–H and O–H groups in total. The summed E-state index contributed by atoms with van der Waals surface area (Å²) in [4.78, 5) is 26.0. The van der Waals surface area contributed by atoms with Crippen LogP contribution >= 0.6 is 0 Å². The molecule has 19 heavy (non-hydrogen) atoms. The number of carbonyl (C=O) groups is 2. The summed E-state index contributed by atoms with van der Waals surface area (Å²) >= 11 is 0. The molecule has 1 fully saturated rings. The third-order valence-electron chi connectivity index (χ3n) is 3.38. The fourth-order valence-corrected chi connectivity index (χ4v) is 2.20. The summed E-state index contributed by atoms with van der Waals surface area (Å²) in [5.41, 5.74) is 0.809. The maximum absolute atomic E-state index is 12.6. The SMILES string of the molecule is C=CC(C)N1CCC(=O)NC(c2ccccc2)C1=O. The first-order valence-corrected chi connectivity index (χ1v) is 6.41.